The summed E-state index contributed by atoms with van der Waals surface area (Å²) in [6.45, 7) is 0. The van der Waals surface area contributed by atoms with E-state index >= 15 is 0 Å². The SMILES string of the molecule is O=C([O-])CC(O)CC(O)C=CC(=C(c1ccc(F)cc1)c1ccc(F)cc1)n1nnnc1-c1ccccc1.[Na+]. The average Bonchev–Trinajstić information content (AvgIpc) is 3.38. The van der Waals surface area contributed by atoms with Crippen molar-refractivity contribution in [1.29, 1.82) is 0 Å². The zero-order chi connectivity index (χ0) is 27.1. The van der Waals surface area contributed by atoms with Crippen LogP contribution in [0.5, 0.6) is 0 Å². The molecule has 4 rings (SSSR count). The van der Waals surface area contributed by atoms with E-state index in [1.807, 2.05) is 30.3 Å². The Hall–Kier alpha value is -3.54. The molecule has 11 heteroatoms. The van der Waals surface area contributed by atoms with Gasteiger partial charge in [-0.25, -0.2) is 8.78 Å². The van der Waals surface area contributed by atoms with Crippen molar-refractivity contribution in [2.75, 3.05) is 0 Å². The van der Waals surface area contributed by atoms with Gasteiger partial charge >= 0.3 is 29.6 Å². The molecule has 0 aliphatic rings. The largest absolute Gasteiger partial charge is 1.00 e. The molecule has 0 fully saturated rings. The molecule has 194 valence electrons. The minimum absolute atomic E-state index is 0. The first-order chi connectivity index (χ1) is 18.3. The van der Waals surface area contributed by atoms with E-state index in [2.05, 4.69) is 15.5 Å². The molecule has 2 atom stereocenters. The Labute approximate surface area is 245 Å². The molecule has 1 aromatic heterocycles. The Morgan fingerprint density at radius 2 is 1.49 bits per heavy atom. The summed E-state index contributed by atoms with van der Waals surface area (Å²) >= 11 is 0. The van der Waals surface area contributed by atoms with Crippen LogP contribution in [0.3, 0.4) is 0 Å². The number of rotatable bonds is 10. The van der Waals surface area contributed by atoms with Crippen LogP contribution in [-0.2, 0) is 4.79 Å². The predicted octanol–water partition coefficient (Wildman–Crippen LogP) is -0.153. The summed E-state index contributed by atoms with van der Waals surface area (Å²) in [5, 5.41) is 43.3. The number of hydrogen-bond donors (Lipinski definition) is 2. The molecule has 2 N–H and O–H groups in total. The molecule has 1 heterocycles. The third kappa shape index (κ3) is 7.98. The van der Waals surface area contributed by atoms with Crippen LogP contribution in [0, 0.1) is 11.6 Å². The second kappa shape index (κ2) is 14.0. The summed E-state index contributed by atoms with van der Waals surface area (Å²) in [7, 11) is 0. The molecule has 4 aromatic rings. The van der Waals surface area contributed by atoms with Crippen molar-refractivity contribution in [1.82, 2.24) is 20.2 Å². The van der Waals surface area contributed by atoms with Gasteiger partial charge < -0.3 is 20.1 Å². The first-order valence-electron chi connectivity index (χ1n) is 11.7. The van der Waals surface area contributed by atoms with Crippen LogP contribution < -0.4 is 34.7 Å². The number of aromatic nitrogens is 4. The quantitative estimate of drug-likeness (QED) is 0.212. The molecule has 3 aromatic carbocycles. The Balaban J connectivity index is 0.00000420. The molecule has 0 saturated carbocycles. The van der Waals surface area contributed by atoms with Crippen LogP contribution in [0.25, 0.3) is 22.7 Å². The fourth-order valence-electron chi connectivity index (χ4n) is 3.91. The minimum Gasteiger partial charge on any atom is -0.550 e. The van der Waals surface area contributed by atoms with E-state index in [1.165, 1.54) is 41.1 Å². The van der Waals surface area contributed by atoms with E-state index in [1.54, 1.807) is 24.3 Å². The summed E-state index contributed by atoms with van der Waals surface area (Å²) in [5.74, 6) is -1.98. The van der Waals surface area contributed by atoms with Gasteiger partial charge in [-0.05, 0) is 51.9 Å². The van der Waals surface area contributed by atoms with E-state index in [0.29, 0.717) is 33.8 Å². The summed E-state index contributed by atoms with van der Waals surface area (Å²) in [5.41, 5.74) is 2.64. The van der Waals surface area contributed by atoms with Crippen LogP contribution >= 0.6 is 0 Å². The van der Waals surface area contributed by atoms with E-state index < -0.39 is 36.2 Å². The van der Waals surface area contributed by atoms with Gasteiger partial charge in [0.2, 0.25) is 0 Å². The molecule has 2 unspecified atom stereocenters. The van der Waals surface area contributed by atoms with Crippen LogP contribution in [0.15, 0.2) is 91.0 Å². The third-order valence-electron chi connectivity index (χ3n) is 5.64. The summed E-state index contributed by atoms with van der Waals surface area (Å²) in [4.78, 5) is 10.8. The number of tetrazole rings is 1. The van der Waals surface area contributed by atoms with Gasteiger partial charge in [-0.1, -0.05) is 60.7 Å². The second-order valence-corrected chi connectivity index (χ2v) is 8.45. The van der Waals surface area contributed by atoms with Gasteiger partial charge in [0.05, 0.1) is 17.9 Å². The fraction of sp³-hybridized carbons (Fsp3) is 0.143. The van der Waals surface area contributed by atoms with Gasteiger partial charge in [0.15, 0.2) is 5.82 Å². The average molecular weight is 541 g/mol. The van der Waals surface area contributed by atoms with Gasteiger partial charge in [0, 0.05) is 29.9 Å². The number of aliphatic hydroxyl groups excluding tert-OH is 2. The van der Waals surface area contributed by atoms with Crippen molar-refractivity contribution in [2.45, 2.75) is 25.0 Å². The number of hydrogen-bond acceptors (Lipinski definition) is 7. The maximum absolute atomic E-state index is 13.8. The number of carboxylic acids is 1. The molecule has 0 saturated heterocycles. The number of benzene rings is 3. The zero-order valence-corrected chi connectivity index (χ0v) is 23.0. The van der Waals surface area contributed by atoms with Gasteiger partial charge in [0.1, 0.15) is 11.6 Å². The van der Waals surface area contributed by atoms with Crippen LogP contribution in [0.2, 0.25) is 0 Å². The predicted molar refractivity (Wildman–Crippen MR) is 134 cm³/mol. The number of halogens is 2. The molecule has 0 amide bonds. The summed E-state index contributed by atoms with van der Waals surface area (Å²) < 4.78 is 29.1. The number of nitrogens with zero attached hydrogens (tertiary/aromatic N) is 4. The number of carboxylic acid groups (broad SMARTS) is 1. The molecule has 0 aliphatic heterocycles. The van der Waals surface area contributed by atoms with Gasteiger partial charge in [-0.3, -0.25) is 0 Å². The van der Waals surface area contributed by atoms with Crippen molar-refractivity contribution in [2.24, 2.45) is 0 Å². The van der Waals surface area contributed by atoms with Crippen LogP contribution in [0.4, 0.5) is 8.78 Å². The van der Waals surface area contributed by atoms with Crippen molar-refractivity contribution >= 4 is 17.2 Å². The van der Waals surface area contributed by atoms with E-state index in [-0.39, 0.29) is 36.0 Å². The maximum Gasteiger partial charge on any atom is 1.00 e. The Bertz CT molecular complexity index is 1400. The van der Waals surface area contributed by atoms with Crippen molar-refractivity contribution in [3.63, 3.8) is 0 Å². The van der Waals surface area contributed by atoms with E-state index in [4.69, 9.17) is 0 Å². The van der Waals surface area contributed by atoms with Gasteiger partial charge in [-0.2, -0.15) is 4.68 Å². The van der Waals surface area contributed by atoms with Gasteiger partial charge in [0.25, 0.3) is 0 Å². The van der Waals surface area contributed by atoms with Crippen molar-refractivity contribution in [3.05, 3.63) is 114 Å². The molecule has 39 heavy (non-hydrogen) atoms. The van der Waals surface area contributed by atoms with E-state index in [0.717, 1.165) is 0 Å². The zero-order valence-electron chi connectivity index (χ0n) is 21.0. The molecule has 0 spiro atoms. The monoisotopic (exact) mass is 540 g/mol. The Morgan fingerprint density at radius 1 is 0.923 bits per heavy atom. The molecular weight excluding hydrogens is 517 g/mol. The molecule has 0 bridgehead atoms. The van der Waals surface area contributed by atoms with Crippen molar-refractivity contribution < 1.29 is 58.5 Å². The van der Waals surface area contributed by atoms with Crippen LogP contribution in [-0.4, -0.2) is 48.6 Å². The number of aliphatic hydroxyl groups is 2. The molecule has 8 nitrogen and oxygen atoms in total. The number of allylic oxidation sites excluding steroid dienone is 2. The van der Waals surface area contributed by atoms with Crippen LogP contribution in [0.1, 0.15) is 24.0 Å². The summed E-state index contributed by atoms with van der Waals surface area (Å²) in [6.07, 6.45) is -0.581. The molecular formula is C28H23F2N4NaO4. The van der Waals surface area contributed by atoms with E-state index in [9.17, 15) is 28.9 Å². The second-order valence-electron chi connectivity index (χ2n) is 8.45. The molecule has 0 radical (unpaired) electrons. The normalized spacial score (nSPS) is 12.5. The molecule has 0 aliphatic carbocycles. The standard InChI is InChI=1S/C28H24F2N4O4.Na/c29-21-10-6-18(7-11-21)27(19-8-12-22(30)13-9-19)25(15-14-23(35)16-24(36)17-26(37)38)34-28(31-32-33-34)20-4-2-1-3-5-20;/h1-15,23-24,35-36H,16-17H2,(H,37,38);/q;+1/p-1. The topological polar surface area (TPSA) is 124 Å². The smallest absolute Gasteiger partial charge is 0.550 e. The summed E-state index contributed by atoms with van der Waals surface area (Å²) in [6, 6.07) is 20.4. The van der Waals surface area contributed by atoms with Crippen molar-refractivity contribution in [3.8, 4) is 11.4 Å². The fourth-order valence-corrected chi connectivity index (χ4v) is 3.91. The Morgan fingerprint density at radius 3 is 2.03 bits per heavy atom. The number of carbonyl (C=O) groups excluding carboxylic acids is 1. The number of carbonyl (C=O) groups is 1. The Kier molecular flexibility index (Phi) is 10.8. The minimum atomic E-state index is -1.44. The number of aliphatic carboxylic acids is 1. The maximum atomic E-state index is 13.8. The first-order valence-corrected chi connectivity index (χ1v) is 11.7. The van der Waals surface area contributed by atoms with Gasteiger partial charge in [-0.15, -0.1) is 5.10 Å². The third-order valence-corrected chi connectivity index (χ3v) is 5.64. The first kappa shape index (κ1) is 30.0.